The fourth-order valence-corrected chi connectivity index (χ4v) is 2.36. The Kier molecular flexibility index (Phi) is 3.87. The Hall–Kier alpha value is -1.74. The van der Waals surface area contributed by atoms with Gasteiger partial charge in [-0.3, -0.25) is 4.79 Å². The number of sulfonamides is 1. The number of anilines is 1. The third kappa shape index (κ3) is 2.93. The predicted octanol–water partition coefficient (Wildman–Crippen LogP) is -0.301. The van der Waals surface area contributed by atoms with Gasteiger partial charge in [-0.2, -0.15) is 4.72 Å². The van der Waals surface area contributed by atoms with Crippen LogP contribution in [0.1, 0.15) is 6.92 Å². The van der Waals surface area contributed by atoms with E-state index in [0.29, 0.717) is 6.07 Å². The van der Waals surface area contributed by atoms with Gasteiger partial charge in [-0.15, -0.1) is 0 Å². The Morgan fingerprint density at radius 2 is 1.94 bits per heavy atom. The molecule has 1 atom stereocenters. The number of amides is 1. The van der Waals surface area contributed by atoms with Gasteiger partial charge >= 0.3 is 0 Å². The Labute approximate surface area is 102 Å². The minimum Gasteiger partial charge on any atom is -0.396 e. The summed E-state index contributed by atoms with van der Waals surface area (Å²) in [6.07, 6.45) is 0. The molecule has 100 valence electrons. The van der Waals surface area contributed by atoms with Gasteiger partial charge in [-0.25, -0.2) is 17.2 Å². The van der Waals surface area contributed by atoms with Crippen LogP contribution in [0.3, 0.4) is 0 Å². The van der Waals surface area contributed by atoms with Crippen LogP contribution in [0.5, 0.6) is 0 Å². The number of primary amides is 1. The van der Waals surface area contributed by atoms with Crippen molar-refractivity contribution in [3.8, 4) is 0 Å². The van der Waals surface area contributed by atoms with Gasteiger partial charge in [0.1, 0.15) is 0 Å². The predicted molar refractivity (Wildman–Crippen MR) is 59.7 cm³/mol. The fourth-order valence-electron chi connectivity index (χ4n) is 1.10. The van der Waals surface area contributed by atoms with E-state index in [2.05, 4.69) is 0 Å². The molecule has 1 aromatic rings. The van der Waals surface area contributed by atoms with Crippen molar-refractivity contribution in [1.82, 2.24) is 4.72 Å². The number of nitrogens with two attached hydrogens (primary N) is 2. The first-order valence-electron chi connectivity index (χ1n) is 4.71. The van der Waals surface area contributed by atoms with Crippen LogP contribution < -0.4 is 16.2 Å². The molecule has 1 amide bonds. The molecule has 0 aliphatic carbocycles. The molecular weight excluding hydrogens is 268 g/mol. The van der Waals surface area contributed by atoms with E-state index < -0.39 is 44.2 Å². The molecule has 0 saturated carbocycles. The Bertz CT molecular complexity index is 566. The summed E-state index contributed by atoms with van der Waals surface area (Å²) in [6, 6.07) is 0.0141. The van der Waals surface area contributed by atoms with Gasteiger partial charge in [0.15, 0.2) is 11.6 Å². The molecule has 1 rings (SSSR count). The van der Waals surface area contributed by atoms with E-state index in [-0.39, 0.29) is 0 Å². The average molecular weight is 279 g/mol. The van der Waals surface area contributed by atoms with Crippen LogP contribution in [0.2, 0.25) is 0 Å². The van der Waals surface area contributed by atoms with Crippen molar-refractivity contribution < 1.29 is 22.0 Å². The molecule has 0 fully saturated rings. The quantitative estimate of drug-likeness (QED) is 0.656. The largest absolute Gasteiger partial charge is 0.396 e. The molecule has 1 aromatic carbocycles. The number of benzene rings is 1. The van der Waals surface area contributed by atoms with Gasteiger partial charge in [0.2, 0.25) is 15.9 Å². The number of rotatable bonds is 4. The molecule has 6 nitrogen and oxygen atoms in total. The fraction of sp³-hybridized carbons (Fsp3) is 0.222. The van der Waals surface area contributed by atoms with Crippen molar-refractivity contribution >= 4 is 21.6 Å². The van der Waals surface area contributed by atoms with E-state index >= 15 is 0 Å². The summed E-state index contributed by atoms with van der Waals surface area (Å²) in [5.41, 5.74) is 9.34. The Balaban J connectivity index is 3.18. The summed E-state index contributed by atoms with van der Waals surface area (Å²) in [5.74, 6) is -3.65. The summed E-state index contributed by atoms with van der Waals surface area (Å²) in [6.45, 7) is 1.21. The van der Waals surface area contributed by atoms with E-state index in [4.69, 9.17) is 11.5 Å². The van der Waals surface area contributed by atoms with Gasteiger partial charge in [-0.1, -0.05) is 0 Å². The monoisotopic (exact) mass is 279 g/mol. The number of nitrogens with one attached hydrogen (secondary N) is 1. The third-order valence-electron chi connectivity index (χ3n) is 2.10. The highest BCUT2D eigenvalue weighted by atomic mass is 32.2. The molecule has 9 heteroatoms. The van der Waals surface area contributed by atoms with E-state index in [1.54, 1.807) is 0 Å². The highest BCUT2D eigenvalue weighted by Gasteiger charge is 2.22. The summed E-state index contributed by atoms with van der Waals surface area (Å²) in [4.78, 5) is 10.1. The molecule has 0 saturated heterocycles. The standard InChI is InChI=1S/C9H11F2N3O3S/c1-4(9(13)15)14-18(16,17)5-2-6(10)8(11)7(12)3-5/h2-4,14H,12H2,1H3,(H2,13,15). The van der Waals surface area contributed by atoms with Gasteiger partial charge < -0.3 is 11.5 Å². The lowest BCUT2D eigenvalue weighted by molar-refractivity contribution is -0.119. The maximum absolute atomic E-state index is 13.0. The van der Waals surface area contributed by atoms with Crippen molar-refractivity contribution in [2.24, 2.45) is 5.73 Å². The van der Waals surface area contributed by atoms with Crippen molar-refractivity contribution in [2.45, 2.75) is 17.9 Å². The zero-order valence-electron chi connectivity index (χ0n) is 9.28. The highest BCUT2D eigenvalue weighted by molar-refractivity contribution is 7.89. The summed E-state index contributed by atoms with van der Waals surface area (Å²) in [7, 11) is -4.20. The number of hydrogen-bond donors (Lipinski definition) is 3. The first-order valence-corrected chi connectivity index (χ1v) is 6.19. The van der Waals surface area contributed by atoms with Crippen LogP contribution in [-0.4, -0.2) is 20.4 Å². The zero-order chi connectivity index (χ0) is 14.1. The van der Waals surface area contributed by atoms with Crippen LogP contribution >= 0.6 is 0 Å². The second kappa shape index (κ2) is 4.86. The maximum Gasteiger partial charge on any atom is 0.241 e. The number of carbonyl (C=O) groups is 1. The SMILES string of the molecule is CC(NS(=O)(=O)c1cc(N)c(F)c(F)c1)C(N)=O. The number of nitrogen functional groups attached to an aromatic ring is 1. The van der Waals surface area contributed by atoms with E-state index in [1.807, 2.05) is 4.72 Å². The maximum atomic E-state index is 13.0. The number of halogens is 2. The third-order valence-corrected chi connectivity index (χ3v) is 3.62. The Morgan fingerprint density at radius 3 is 2.39 bits per heavy atom. The molecule has 18 heavy (non-hydrogen) atoms. The number of carbonyl (C=O) groups excluding carboxylic acids is 1. The average Bonchev–Trinajstić information content (AvgIpc) is 2.24. The van der Waals surface area contributed by atoms with Gasteiger partial charge in [0, 0.05) is 0 Å². The molecule has 5 N–H and O–H groups in total. The minimum absolute atomic E-state index is 0.460. The summed E-state index contributed by atoms with van der Waals surface area (Å²) in [5, 5.41) is 0. The van der Waals surface area contributed by atoms with Gasteiger partial charge in [0.05, 0.1) is 16.6 Å². The molecule has 0 spiro atoms. The molecule has 1 unspecified atom stereocenters. The first-order chi connectivity index (χ1) is 8.15. The zero-order valence-corrected chi connectivity index (χ0v) is 10.1. The smallest absolute Gasteiger partial charge is 0.241 e. The molecule has 0 aliphatic rings. The molecule has 0 radical (unpaired) electrons. The van der Waals surface area contributed by atoms with E-state index in [1.165, 1.54) is 6.92 Å². The molecule has 0 heterocycles. The summed E-state index contributed by atoms with van der Waals surface area (Å²) < 4.78 is 51.2. The lowest BCUT2D eigenvalue weighted by Crippen LogP contribution is -2.42. The minimum atomic E-state index is -4.20. The highest BCUT2D eigenvalue weighted by Crippen LogP contribution is 2.20. The lowest BCUT2D eigenvalue weighted by atomic mass is 10.3. The van der Waals surface area contributed by atoms with Gasteiger partial charge in [-0.05, 0) is 19.1 Å². The van der Waals surface area contributed by atoms with E-state index in [0.717, 1.165) is 6.07 Å². The number of hydrogen-bond acceptors (Lipinski definition) is 4. The first kappa shape index (κ1) is 14.3. The topological polar surface area (TPSA) is 115 Å². The molecular formula is C9H11F2N3O3S. The summed E-state index contributed by atoms with van der Waals surface area (Å²) >= 11 is 0. The second-order valence-corrected chi connectivity index (χ2v) is 5.27. The van der Waals surface area contributed by atoms with Crippen LogP contribution in [0.25, 0.3) is 0 Å². The van der Waals surface area contributed by atoms with Crippen molar-refractivity contribution in [2.75, 3.05) is 5.73 Å². The van der Waals surface area contributed by atoms with Crippen molar-refractivity contribution in [3.63, 3.8) is 0 Å². The van der Waals surface area contributed by atoms with Crippen LogP contribution in [0.15, 0.2) is 17.0 Å². The van der Waals surface area contributed by atoms with Crippen molar-refractivity contribution in [3.05, 3.63) is 23.8 Å². The van der Waals surface area contributed by atoms with Crippen LogP contribution in [0, 0.1) is 11.6 Å². The van der Waals surface area contributed by atoms with E-state index in [9.17, 15) is 22.0 Å². The normalized spacial score (nSPS) is 13.3. The molecule has 0 bridgehead atoms. The molecule has 0 aliphatic heterocycles. The van der Waals surface area contributed by atoms with Crippen molar-refractivity contribution in [1.29, 1.82) is 0 Å². The molecule has 0 aromatic heterocycles. The lowest BCUT2D eigenvalue weighted by Gasteiger charge is -2.11. The Morgan fingerprint density at radius 1 is 1.39 bits per heavy atom. The van der Waals surface area contributed by atoms with Crippen LogP contribution in [0.4, 0.5) is 14.5 Å². The second-order valence-electron chi connectivity index (χ2n) is 3.55. The van der Waals surface area contributed by atoms with Gasteiger partial charge in [0.25, 0.3) is 0 Å². The van der Waals surface area contributed by atoms with Crippen LogP contribution in [-0.2, 0) is 14.8 Å².